The second-order valence-corrected chi connectivity index (χ2v) is 13.3. The van der Waals surface area contributed by atoms with E-state index < -0.39 is 0 Å². The lowest BCUT2D eigenvalue weighted by Crippen LogP contribution is -2.10. The number of fused-ring (bicyclic) bond motifs is 5. The van der Waals surface area contributed by atoms with Crippen LogP contribution in [0, 0.1) is 0 Å². The number of para-hydroxylation sites is 1. The van der Waals surface area contributed by atoms with Crippen molar-refractivity contribution >= 4 is 60.5 Å². The van der Waals surface area contributed by atoms with Crippen LogP contribution in [-0.4, -0.2) is 0 Å². The van der Waals surface area contributed by atoms with Gasteiger partial charge in [0.1, 0.15) is 11.2 Å². The molecule has 10 rings (SSSR count). The zero-order valence-electron chi connectivity index (χ0n) is 28.4. The molecule has 2 heteroatoms. The summed E-state index contributed by atoms with van der Waals surface area (Å²) in [7, 11) is 0. The van der Waals surface area contributed by atoms with E-state index in [-0.39, 0.29) is 0 Å². The van der Waals surface area contributed by atoms with Crippen molar-refractivity contribution in [3.63, 3.8) is 0 Å². The fourth-order valence-corrected chi connectivity index (χ4v) is 7.69. The van der Waals surface area contributed by atoms with E-state index >= 15 is 0 Å². The van der Waals surface area contributed by atoms with E-state index in [9.17, 15) is 0 Å². The third-order valence-corrected chi connectivity index (χ3v) is 10.2. The van der Waals surface area contributed by atoms with Crippen molar-refractivity contribution in [3.8, 4) is 33.4 Å². The molecule has 0 amide bonds. The van der Waals surface area contributed by atoms with Gasteiger partial charge in [0, 0.05) is 27.5 Å². The maximum atomic E-state index is 6.33. The lowest BCUT2D eigenvalue weighted by molar-refractivity contribution is 0.669. The molecule has 0 aliphatic rings. The summed E-state index contributed by atoms with van der Waals surface area (Å²) in [6.07, 6.45) is 0. The fourth-order valence-electron chi connectivity index (χ4n) is 7.69. The van der Waals surface area contributed by atoms with E-state index in [4.69, 9.17) is 4.42 Å². The van der Waals surface area contributed by atoms with Crippen molar-refractivity contribution in [1.82, 2.24) is 0 Å². The molecule has 0 radical (unpaired) electrons. The fraction of sp³-hybridized carbons (Fsp3) is 0. The van der Waals surface area contributed by atoms with Crippen molar-refractivity contribution in [2.75, 3.05) is 4.90 Å². The Morgan fingerprint density at radius 1 is 0.308 bits per heavy atom. The molecular formula is C50H33NO. The van der Waals surface area contributed by atoms with Gasteiger partial charge in [0.05, 0.1) is 5.69 Å². The van der Waals surface area contributed by atoms with Crippen LogP contribution in [0.2, 0.25) is 0 Å². The highest BCUT2D eigenvalue weighted by Gasteiger charge is 2.16. The van der Waals surface area contributed by atoms with E-state index in [0.29, 0.717) is 0 Å². The van der Waals surface area contributed by atoms with Gasteiger partial charge in [-0.2, -0.15) is 0 Å². The molecule has 0 bridgehead atoms. The molecule has 0 saturated heterocycles. The van der Waals surface area contributed by atoms with E-state index in [1.165, 1.54) is 49.4 Å². The largest absolute Gasteiger partial charge is 0.456 e. The summed E-state index contributed by atoms with van der Waals surface area (Å²) in [5.41, 5.74) is 12.3. The van der Waals surface area contributed by atoms with Crippen LogP contribution in [0.1, 0.15) is 0 Å². The maximum absolute atomic E-state index is 6.33. The van der Waals surface area contributed by atoms with Crippen LogP contribution in [-0.2, 0) is 0 Å². The SMILES string of the molecule is c1ccc(N(c2ccc(-c3cccc(-c4ccc5oc6ccc(-c7cccc8ccccc78)cc6c5c4)c3)cc2)c2cccc3ccccc23)cc1. The van der Waals surface area contributed by atoms with Crippen molar-refractivity contribution in [1.29, 1.82) is 0 Å². The first-order valence-electron chi connectivity index (χ1n) is 17.8. The second-order valence-electron chi connectivity index (χ2n) is 13.3. The topological polar surface area (TPSA) is 16.4 Å². The highest BCUT2D eigenvalue weighted by atomic mass is 16.3. The molecule has 10 aromatic rings. The van der Waals surface area contributed by atoms with E-state index in [0.717, 1.165) is 44.6 Å². The third kappa shape index (κ3) is 5.21. The summed E-state index contributed by atoms with van der Waals surface area (Å²) in [6.45, 7) is 0. The van der Waals surface area contributed by atoms with Crippen LogP contribution in [0.25, 0.3) is 76.9 Å². The van der Waals surface area contributed by atoms with Gasteiger partial charge in [0.2, 0.25) is 0 Å². The smallest absolute Gasteiger partial charge is 0.135 e. The molecule has 0 saturated carbocycles. The lowest BCUT2D eigenvalue weighted by Gasteiger charge is -2.27. The molecule has 1 aromatic heterocycles. The molecular weight excluding hydrogens is 631 g/mol. The number of hydrogen-bond acceptors (Lipinski definition) is 2. The Morgan fingerprint density at radius 2 is 0.827 bits per heavy atom. The summed E-state index contributed by atoms with van der Waals surface area (Å²) in [4.78, 5) is 2.35. The Kier molecular flexibility index (Phi) is 7.18. The number of anilines is 3. The third-order valence-electron chi connectivity index (χ3n) is 10.2. The van der Waals surface area contributed by atoms with Gasteiger partial charge in [-0.05, 0) is 110 Å². The summed E-state index contributed by atoms with van der Waals surface area (Å²) in [5.74, 6) is 0. The monoisotopic (exact) mass is 663 g/mol. The number of nitrogens with zero attached hydrogens (tertiary/aromatic N) is 1. The van der Waals surface area contributed by atoms with Gasteiger partial charge in [0.25, 0.3) is 0 Å². The number of hydrogen-bond donors (Lipinski definition) is 0. The molecule has 52 heavy (non-hydrogen) atoms. The highest BCUT2D eigenvalue weighted by Crippen LogP contribution is 2.40. The van der Waals surface area contributed by atoms with Crippen LogP contribution < -0.4 is 4.90 Å². The minimum atomic E-state index is 0.898. The standard InChI is InChI=1S/C50H33NO/c1-2-17-41(18-3-1)51(48-22-10-14-36-12-5-7-20-45(36)48)42-27-23-34(24-28-42)37-15-8-16-38(31-37)39-25-29-49-46(32-39)47-33-40(26-30-50(47)52-49)44-21-9-13-35-11-4-6-19-43(35)44/h1-33H. The van der Waals surface area contributed by atoms with Crippen LogP contribution in [0.4, 0.5) is 17.1 Å². The maximum Gasteiger partial charge on any atom is 0.135 e. The molecule has 0 aliphatic carbocycles. The molecule has 2 nitrogen and oxygen atoms in total. The average Bonchev–Trinajstić information content (AvgIpc) is 3.59. The van der Waals surface area contributed by atoms with Crippen LogP contribution >= 0.6 is 0 Å². The molecule has 0 spiro atoms. The molecule has 0 unspecified atom stereocenters. The van der Waals surface area contributed by atoms with Gasteiger partial charge in [-0.25, -0.2) is 0 Å². The zero-order chi connectivity index (χ0) is 34.4. The summed E-state index contributed by atoms with van der Waals surface area (Å²) < 4.78 is 6.33. The van der Waals surface area contributed by atoms with Gasteiger partial charge in [0.15, 0.2) is 0 Å². The first kappa shape index (κ1) is 30.0. The Bertz CT molecular complexity index is 2890. The molecule has 0 fully saturated rings. The quantitative estimate of drug-likeness (QED) is 0.176. The van der Waals surface area contributed by atoms with Gasteiger partial charge >= 0.3 is 0 Å². The minimum absolute atomic E-state index is 0.898. The van der Waals surface area contributed by atoms with Crippen LogP contribution in [0.15, 0.2) is 205 Å². The second kappa shape index (κ2) is 12.5. The average molecular weight is 664 g/mol. The number of rotatable bonds is 6. The Labute approximate surface area is 302 Å². The minimum Gasteiger partial charge on any atom is -0.456 e. The van der Waals surface area contributed by atoms with Gasteiger partial charge in [-0.3, -0.25) is 0 Å². The van der Waals surface area contributed by atoms with Gasteiger partial charge < -0.3 is 9.32 Å². The summed E-state index contributed by atoms with van der Waals surface area (Å²) >= 11 is 0. The number of furan rings is 1. The van der Waals surface area contributed by atoms with Crippen LogP contribution in [0.5, 0.6) is 0 Å². The molecule has 244 valence electrons. The first-order chi connectivity index (χ1) is 25.8. The molecule has 0 N–H and O–H groups in total. The zero-order valence-corrected chi connectivity index (χ0v) is 28.4. The van der Waals surface area contributed by atoms with E-state index in [1.54, 1.807) is 0 Å². The summed E-state index contributed by atoms with van der Waals surface area (Å²) in [6, 6.07) is 71.7. The lowest BCUT2D eigenvalue weighted by atomic mass is 9.96. The molecule has 0 aliphatic heterocycles. The van der Waals surface area contributed by atoms with Gasteiger partial charge in [-0.1, -0.05) is 140 Å². The molecule has 0 atom stereocenters. The number of benzene rings is 9. The Morgan fingerprint density at radius 3 is 1.60 bits per heavy atom. The molecule has 9 aromatic carbocycles. The highest BCUT2D eigenvalue weighted by molar-refractivity contribution is 6.09. The Balaban J connectivity index is 1.01. The van der Waals surface area contributed by atoms with E-state index in [2.05, 4.69) is 205 Å². The predicted octanol–water partition coefficient (Wildman–Crippen LogP) is 14.4. The normalized spacial score (nSPS) is 11.5. The van der Waals surface area contributed by atoms with Crippen molar-refractivity contribution < 1.29 is 4.42 Å². The van der Waals surface area contributed by atoms with Gasteiger partial charge in [-0.15, -0.1) is 0 Å². The Hall–Kier alpha value is -6.90. The van der Waals surface area contributed by atoms with Crippen molar-refractivity contribution in [2.24, 2.45) is 0 Å². The predicted molar refractivity (Wildman–Crippen MR) is 220 cm³/mol. The van der Waals surface area contributed by atoms with E-state index in [1.807, 2.05) is 0 Å². The van der Waals surface area contributed by atoms with Crippen molar-refractivity contribution in [2.45, 2.75) is 0 Å². The van der Waals surface area contributed by atoms with Crippen LogP contribution in [0.3, 0.4) is 0 Å². The summed E-state index contributed by atoms with van der Waals surface area (Å²) in [5, 5.41) is 7.19. The first-order valence-corrected chi connectivity index (χ1v) is 17.8. The van der Waals surface area contributed by atoms with Crippen molar-refractivity contribution in [3.05, 3.63) is 200 Å². The molecule has 1 heterocycles.